The molecule has 1 atom stereocenters. The number of carbonyl (C=O) groups excluding carboxylic acids is 3. The third-order valence-electron chi connectivity index (χ3n) is 6.94. The molecule has 0 aromatic heterocycles. The minimum absolute atomic E-state index is 0.118. The molecule has 0 aliphatic carbocycles. The van der Waals surface area contributed by atoms with Gasteiger partial charge in [0.15, 0.2) is 5.83 Å². The summed E-state index contributed by atoms with van der Waals surface area (Å²) in [5, 5.41) is 2.89. The Labute approximate surface area is 193 Å². The number of ether oxygens (including phenoxy) is 1. The van der Waals surface area contributed by atoms with Gasteiger partial charge in [-0.25, -0.2) is 9.18 Å². The van der Waals surface area contributed by atoms with Crippen molar-refractivity contribution < 1.29 is 23.5 Å². The van der Waals surface area contributed by atoms with E-state index in [0.717, 1.165) is 13.1 Å². The molecule has 1 aromatic carbocycles. The average Bonchev–Trinajstić information content (AvgIpc) is 3.07. The summed E-state index contributed by atoms with van der Waals surface area (Å²) in [6.45, 7) is 6.32. The van der Waals surface area contributed by atoms with Crippen molar-refractivity contribution in [1.82, 2.24) is 20.0 Å². The number of imide groups is 1. The number of hydrogen-bond acceptors (Lipinski definition) is 5. The van der Waals surface area contributed by atoms with Gasteiger partial charge in [-0.2, -0.15) is 0 Å². The fourth-order valence-electron chi connectivity index (χ4n) is 4.83. The number of likely N-dealkylation sites (tertiary alicyclic amines) is 1. The topological polar surface area (TPSA) is 82.2 Å². The van der Waals surface area contributed by atoms with E-state index in [1.54, 1.807) is 31.2 Å². The molecule has 1 aromatic rings. The molecule has 1 unspecified atom stereocenters. The maximum atomic E-state index is 14.5. The van der Waals surface area contributed by atoms with Gasteiger partial charge in [0.25, 0.3) is 11.8 Å². The lowest BCUT2D eigenvalue weighted by Gasteiger charge is -2.38. The van der Waals surface area contributed by atoms with Gasteiger partial charge in [0.1, 0.15) is 5.54 Å². The van der Waals surface area contributed by atoms with Crippen molar-refractivity contribution in [3.63, 3.8) is 0 Å². The molecule has 0 spiro atoms. The molecule has 4 rings (SSSR count). The Balaban J connectivity index is 1.33. The smallest absolute Gasteiger partial charge is 0.325 e. The first-order valence-electron chi connectivity index (χ1n) is 11.5. The zero-order chi connectivity index (χ0) is 23.4. The van der Waals surface area contributed by atoms with E-state index in [4.69, 9.17) is 4.74 Å². The second-order valence-corrected chi connectivity index (χ2v) is 9.01. The fraction of sp³-hybridized carbons (Fsp3) is 0.542. The van der Waals surface area contributed by atoms with Gasteiger partial charge in [-0.05, 0) is 37.3 Å². The van der Waals surface area contributed by atoms with Gasteiger partial charge in [0.05, 0.1) is 13.2 Å². The molecular weight excluding hydrogens is 427 g/mol. The van der Waals surface area contributed by atoms with Crippen LogP contribution in [0.5, 0.6) is 0 Å². The highest BCUT2D eigenvalue weighted by Crippen LogP contribution is 2.34. The van der Waals surface area contributed by atoms with Crippen LogP contribution in [0.3, 0.4) is 0 Å². The molecule has 3 aliphatic rings. The summed E-state index contributed by atoms with van der Waals surface area (Å²) in [7, 11) is 0. The van der Waals surface area contributed by atoms with Gasteiger partial charge in [-0.15, -0.1) is 0 Å². The van der Waals surface area contributed by atoms with Crippen LogP contribution >= 0.6 is 0 Å². The number of carbonyl (C=O) groups is 3. The first kappa shape index (κ1) is 23.4. The van der Waals surface area contributed by atoms with Crippen molar-refractivity contribution >= 4 is 23.9 Å². The predicted molar refractivity (Wildman–Crippen MR) is 121 cm³/mol. The molecule has 8 nitrogen and oxygen atoms in total. The maximum Gasteiger partial charge on any atom is 0.325 e. The zero-order valence-corrected chi connectivity index (χ0v) is 19.0. The number of nitrogens with one attached hydrogen (secondary N) is 1. The molecule has 0 saturated carbocycles. The Hall–Kier alpha value is -2.78. The van der Waals surface area contributed by atoms with Gasteiger partial charge in [0, 0.05) is 39.3 Å². The average molecular weight is 459 g/mol. The third kappa shape index (κ3) is 5.09. The van der Waals surface area contributed by atoms with Crippen LogP contribution in [-0.2, 0) is 14.3 Å². The Morgan fingerprint density at radius 1 is 1.12 bits per heavy atom. The molecule has 33 heavy (non-hydrogen) atoms. The van der Waals surface area contributed by atoms with Crippen LogP contribution in [0.4, 0.5) is 9.18 Å². The molecule has 3 heterocycles. The Kier molecular flexibility index (Phi) is 7.09. The van der Waals surface area contributed by atoms with Gasteiger partial charge in [-0.3, -0.25) is 19.4 Å². The van der Waals surface area contributed by atoms with E-state index in [1.165, 1.54) is 15.9 Å². The summed E-state index contributed by atoms with van der Waals surface area (Å²) in [5.74, 6) is -1.78. The zero-order valence-electron chi connectivity index (χ0n) is 19.0. The van der Waals surface area contributed by atoms with Crippen LogP contribution < -0.4 is 5.32 Å². The molecule has 4 amide bonds. The number of halogens is 1. The molecule has 3 fully saturated rings. The summed E-state index contributed by atoms with van der Waals surface area (Å²) in [6.07, 6.45) is 2.27. The Morgan fingerprint density at radius 2 is 1.79 bits per heavy atom. The van der Waals surface area contributed by atoms with Crippen LogP contribution in [0.15, 0.2) is 36.2 Å². The first-order valence-corrected chi connectivity index (χ1v) is 11.5. The minimum Gasteiger partial charge on any atom is -0.379 e. The number of rotatable bonds is 6. The molecule has 178 valence electrons. The van der Waals surface area contributed by atoms with E-state index in [1.807, 2.05) is 6.07 Å². The SMILES string of the molecule is CC1(C2CCN(C(=O)C(F)=Cc3ccccc3)CC2)NC(=O)N(CCN2CCOCC2)C1=O. The van der Waals surface area contributed by atoms with E-state index >= 15 is 0 Å². The number of nitrogens with zero attached hydrogens (tertiary/aromatic N) is 3. The quantitative estimate of drug-likeness (QED) is 0.520. The number of amides is 4. The molecule has 3 saturated heterocycles. The van der Waals surface area contributed by atoms with E-state index in [9.17, 15) is 18.8 Å². The lowest BCUT2D eigenvalue weighted by atomic mass is 9.79. The lowest BCUT2D eigenvalue weighted by molar-refractivity contribution is -0.134. The largest absolute Gasteiger partial charge is 0.379 e. The summed E-state index contributed by atoms with van der Waals surface area (Å²) in [4.78, 5) is 43.3. The number of urea groups is 1. The van der Waals surface area contributed by atoms with E-state index < -0.39 is 17.3 Å². The maximum absolute atomic E-state index is 14.5. The van der Waals surface area contributed by atoms with Crippen LogP contribution in [0.1, 0.15) is 25.3 Å². The Morgan fingerprint density at radius 3 is 2.45 bits per heavy atom. The molecule has 3 aliphatic heterocycles. The lowest BCUT2D eigenvalue weighted by Crippen LogP contribution is -2.54. The third-order valence-corrected chi connectivity index (χ3v) is 6.94. The number of hydrogen-bond donors (Lipinski definition) is 1. The van der Waals surface area contributed by atoms with E-state index in [-0.39, 0.29) is 17.9 Å². The van der Waals surface area contributed by atoms with E-state index in [2.05, 4.69) is 10.2 Å². The highest BCUT2D eigenvalue weighted by Gasteiger charge is 2.52. The second kappa shape index (κ2) is 10.0. The predicted octanol–water partition coefficient (Wildman–Crippen LogP) is 1.88. The monoisotopic (exact) mass is 458 g/mol. The van der Waals surface area contributed by atoms with Crippen LogP contribution in [-0.4, -0.2) is 90.6 Å². The van der Waals surface area contributed by atoms with Gasteiger partial charge < -0.3 is 15.0 Å². The molecule has 9 heteroatoms. The number of piperidine rings is 1. The van der Waals surface area contributed by atoms with Crippen molar-refractivity contribution in [2.75, 3.05) is 52.5 Å². The van der Waals surface area contributed by atoms with Crippen molar-refractivity contribution in [2.45, 2.75) is 25.3 Å². The van der Waals surface area contributed by atoms with E-state index in [0.29, 0.717) is 57.8 Å². The summed E-state index contributed by atoms with van der Waals surface area (Å²) >= 11 is 0. The summed E-state index contributed by atoms with van der Waals surface area (Å²) in [6, 6.07) is 8.50. The summed E-state index contributed by atoms with van der Waals surface area (Å²) < 4.78 is 19.8. The molecule has 1 N–H and O–H groups in total. The van der Waals surface area contributed by atoms with Crippen LogP contribution in [0.25, 0.3) is 6.08 Å². The summed E-state index contributed by atoms with van der Waals surface area (Å²) in [5.41, 5.74) is -0.377. The first-order chi connectivity index (χ1) is 15.9. The minimum atomic E-state index is -1.00. The van der Waals surface area contributed by atoms with Crippen molar-refractivity contribution in [3.8, 4) is 0 Å². The van der Waals surface area contributed by atoms with Gasteiger partial charge in [-0.1, -0.05) is 30.3 Å². The molecule has 0 bridgehead atoms. The van der Waals surface area contributed by atoms with Gasteiger partial charge in [0.2, 0.25) is 0 Å². The number of benzene rings is 1. The standard InChI is InChI=1S/C24H31FN4O4/c1-24(22(31)29(23(32)26-24)12-11-27-13-15-33-16-14-27)19-7-9-28(10-8-19)21(30)20(25)17-18-5-3-2-4-6-18/h2-6,17,19H,7-16H2,1H3,(H,26,32). The molecular formula is C24H31FN4O4. The Bertz CT molecular complexity index is 910. The van der Waals surface area contributed by atoms with Gasteiger partial charge >= 0.3 is 6.03 Å². The fourth-order valence-corrected chi connectivity index (χ4v) is 4.83. The highest BCUT2D eigenvalue weighted by molar-refractivity contribution is 6.07. The molecule has 0 radical (unpaired) electrons. The normalized spacial score (nSPS) is 25.5. The second-order valence-electron chi connectivity index (χ2n) is 9.01. The number of morpholine rings is 1. The van der Waals surface area contributed by atoms with Crippen LogP contribution in [0.2, 0.25) is 0 Å². The highest BCUT2D eigenvalue weighted by atomic mass is 19.1. The van der Waals surface area contributed by atoms with Crippen molar-refractivity contribution in [3.05, 3.63) is 41.7 Å². The van der Waals surface area contributed by atoms with Crippen LogP contribution in [0, 0.1) is 5.92 Å². The van der Waals surface area contributed by atoms with Crippen molar-refractivity contribution in [2.24, 2.45) is 5.92 Å². The van der Waals surface area contributed by atoms with Crippen molar-refractivity contribution in [1.29, 1.82) is 0 Å².